The third-order valence-electron chi connectivity index (χ3n) is 5.76. The van der Waals surface area contributed by atoms with E-state index in [0.29, 0.717) is 42.0 Å². The number of aromatic nitrogens is 1. The number of nitrogens with one attached hydrogen (secondary N) is 1. The number of nitrogens with two attached hydrogens (primary N) is 1. The normalized spacial score (nSPS) is 11.6. The standard InChI is InChI=1S/C27H30N4O2/c1-4-5-10-26(29)24(27(32)30-17-25-18(2)31-33-19(25)3)15-20-11-13-21(14-12-20)23-9-7-6-8-22(23)16-28/h6-9,11-14H,4-5,10,15,17,29H2,1-3H3,(H,30,32)/b26-24-. The Morgan fingerprint density at radius 1 is 1.15 bits per heavy atom. The quantitative estimate of drug-likeness (QED) is 0.449. The summed E-state index contributed by atoms with van der Waals surface area (Å²) in [6.07, 6.45) is 3.04. The Balaban J connectivity index is 1.80. The molecular weight excluding hydrogens is 412 g/mol. The summed E-state index contributed by atoms with van der Waals surface area (Å²) in [4.78, 5) is 13.1. The predicted molar refractivity (Wildman–Crippen MR) is 129 cm³/mol. The monoisotopic (exact) mass is 442 g/mol. The first kappa shape index (κ1) is 23.8. The number of benzene rings is 2. The van der Waals surface area contributed by atoms with Gasteiger partial charge < -0.3 is 15.6 Å². The highest BCUT2D eigenvalue weighted by Gasteiger charge is 2.17. The lowest BCUT2D eigenvalue weighted by Crippen LogP contribution is -2.28. The topological polar surface area (TPSA) is 105 Å². The van der Waals surface area contributed by atoms with Gasteiger partial charge in [-0.1, -0.05) is 61.0 Å². The van der Waals surface area contributed by atoms with E-state index in [0.717, 1.165) is 40.8 Å². The Bertz CT molecular complexity index is 1160. The van der Waals surface area contributed by atoms with Gasteiger partial charge in [-0.2, -0.15) is 5.26 Å². The zero-order chi connectivity index (χ0) is 23.8. The summed E-state index contributed by atoms with van der Waals surface area (Å²) >= 11 is 0. The molecule has 0 aliphatic heterocycles. The molecule has 170 valence electrons. The Hall–Kier alpha value is -3.85. The van der Waals surface area contributed by atoms with Crippen LogP contribution in [-0.4, -0.2) is 11.1 Å². The van der Waals surface area contributed by atoms with Crippen LogP contribution in [0.3, 0.4) is 0 Å². The van der Waals surface area contributed by atoms with Crippen LogP contribution in [0.2, 0.25) is 0 Å². The maximum Gasteiger partial charge on any atom is 0.249 e. The number of hydrogen-bond donors (Lipinski definition) is 2. The Labute approximate surface area is 195 Å². The summed E-state index contributed by atoms with van der Waals surface area (Å²) in [6, 6.07) is 17.7. The van der Waals surface area contributed by atoms with Gasteiger partial charge >= 0.3 is 0 Å². The second kappa shape index (κ2) is 11.1. The van der Waals surface area contributed by atoms with Gasteiger partial charge in [-0.25, -0.2) is 0 Å². The van der Waals surface area contributed by atoms with Gasteiger partial charge in [0.1, 0.15) is 5.76 Å². The zero-order valence-electron chi connectivity index (χ0n) is 19.4. The lowest BCUT2D eigenvalue weighted by Gasteiger charge is -2.14. The summed E-state index contributed by atoms with van der Waals surface area (Å²) in [6.45, 7) is 6.13. The molecule has 3 aromatic rings. The number of unbranched alkanes of at least 4 members (excludes halogenated alkanes) is 1. The molecule has 1 heterocycles. The van der Waals surface area contributed by atoms with Crippen LogP contribution < -0.4 is 11.1 Å². The zero-order valence-corrected chi connectivity index (χ0v) is 19.4. The van der Waals surface area contributed by atoms with E-state index in [1.165, 1.54) is 0 Å². The molecule has 0 aliphatic rings. The van der Waals surface area contributed by atoms with Crippen LogP contribution in [0.1, 0.15) is 54.3 Å². The number of aryl methyl sites for hydroxylation is 2. The second-order valence-electron chi connectivity index (χ2n) is 8.12. The third kappa shape index (κ3) is 5.89. The molecule has 2 aromatic carbocycles. The van der Waals surface area contributed by atoms with Crippen LogP contribution in [0.15, 0.2) is 64.3 Å². The van der Waals surface area contributed by atoms with E-state index < -0.39 is 0 Å². The Morgan fingerprint density at radius 2 is 1.88 bits per heavy atom. The van der Waals surface area contributed by atoms with Crippen molar-refractivity contribution in [2.24, 2.45) is 5.73 Å². The van der Waals surface area contributed by atoms with Gasteiger partial charge in [0.2, 0.25) is 5.91 Å². The molecule has 0 unspecified atom stereocenters. The first-order valence-electron chi connectivity index (χ1n) is 11.2. The van der Waals surface area contributed by atoms with Crippen molar-refractivity contribution in [3.05, 3.63) is 87.9 Å². The number of allylic oxidation sites excluding steroid dienone is 1. The van der Waals surface area contributed by atoms with E-state index in [2.05, 4.69) is 23.5 Å². The number of carbonyl (C=O) groups is 1. The number of rotatable bonds is 9. The number of nitriles is 1. The third-order valence-corrected chi connectivity index (χ3v) is 5.76. The van der Waals surface area contributed by atoms with Crippen LogP contribution in [0, 0.1) is 25.2 Å². The molecule has 33 heavy (non-hydrogen) atoms. The first-order valence-corrected chi connectivity index (χ1v) is 11.2. The van der Waals surface area contributed by atoms with Gasteiger partial charge in [-0.05, 0) is 49.4 Å². The van der Waals surface area contributed by atoms with Crippen molar-refractivity contribution >= 4 is 5.91 Å². The van der Waals surface area contributed by atoms with Crippen molar-refractivity contribution in [1.82, 2.24) is 10.5 Å². The summed E-state index contributed by atoms with van der Waals surface area (Å²) in [5.41, 5.74) is 12.7. The Kier molecular flexibility index (Phi) is 8.04. The minimum atomic E-state index is -0.178. The van der Waals surface area contributed by atoms with Crippen LogP contribution in [0.4, 0.5) is 0 Å². The van der Waals surface area contributed by atoms with Crippen molar-refractivity contribution in [2.75, 3.05) is 0 Å². The van der Waals surface area contributed by atoms with Gasteiger partial charge in [-0.3, -0.25) is 4.79 Å². The summed E-state index contributed by atoms with van der Waals surface area (Å²) in [5.74, 6) is 0.521. The van der Waals surface area contributed by atoms with Gasteiger partial charge in [0.25, 0.3) is 0 Å². The molecule has 0 radical (unpaired) electrons. The molecule has 3 N–H and O–H groups in total. The fraction of sp³-hybridized carbons (Fsp3) is 0.296. The molecular formula is C27H30N4O2. The molecule has 0 spiro atoms. The fourth-order valence-corrected chi connectivity index (χ4v) is 3.73. The van der Waals surface area contributed by atoms with E-state index in [1.54, 1.807) is 0 Å². The largest absolute Gasteiger partial charge is 0.402 e. The predicted octanol–water partition coefficient (Wildman–Crippen LogP) is 5.09. The molecule has 0 fully saturated rings. The summed E-state index contributed by atoms with van der Waals surface area (Å²) < 4.78 is 5.19. The van der Waals surface area contributed by atoms with Crippen LogP contribution in [-0.2, 0) is 17.8 Å². The molecule has 0 bridgehead atoms. The van der Waals surface area contributed by atoms with Crippen molar-refractivity contribution in [1.29, 1.82) is 5.26 Å². The molecule has 0 saturated carbocycles. The average Bonchev–Trinajstić information content (AvgIpc) is 3.16. The average molecular weight is 443 g/mol. The van der Waals surface area contributed by atoms with Crippen molar-refractivity contribution in [3.8, 4) is 17.2 Å². The van der Waals surface area contributed by atoms with Gasteiger partial charge in [0, 0.05) is 29.8 Å². The fourth-order valence-electron chi connectivity index (χ4n) is 3.73. The molecule has 3 rings (SSSR count). The van der Waals surface area contributed by atoms with Crippen molar-refractivity contribution < 1.29 is 9.32 Å². The lowest BCUT2D eigenvalue weighted by molar-refractivity contribution is -0.117. The van der Waals surface area contributed by atoms with E-state index >= 15 is 0 Å². The number of nitrogens with zero attached hydrogens (tertiary/aromatic N) is 2. The molecule has 1 aromatic heterocycles. The SMILES string of the molecule is CCCC/C(N)=C(\Cc1ccc(-c2ccccc2C#N)cc1)C(=O)NCc1c(C)noc1C. The number of hydrogen-bond acceptors (Lipinski definition) is 5. The number of carbonyl (C=O) groups excluding carboxylic acids is 1. The van der Waals surface area contributed by atoms with E-state index in [4.69, 9.17) is 10.3 Å². The smallest absolute Gasteiger partial charge is 0.249 e. The molecule has 6 nitrogen and oxygen atoms in total. The van der Waals surface area contributed by atoms with Crippen LogP contribution in [0.5, 0.6) is 0 Å². The minimum absolute atomic E-state index is 0.178. The molecule has 6 heteroatoms. The molecule has 1 amide bonds. The van der Waals surface area contributed by atoms with E-state index in [1.807, 2.05) is 62.4 Å². The van der Waals surface area contributed by atoms with Gasteiger partial charge in [0.05, 0.1) is 17.3 Å². The van der Waals surface area contributed by atoms with Gasteiger partial charge in [0.15, 0.2) is 0 Å². The van der Waals surface area contributed by atoms with Crippen molar-refractivity contribution in [3.63, 3.8) is 0 Å². The van der Waals surface area contributed by atoms with E-state index in [9.17, 15) is 10.1 Å². The highest BCUT2D eigenvalue weighted by atomic mass is 16.5. The highest BCUT2D eigenvalue weighted by molar-refractivity contribution is 5.94. The molecule has 0 atom stereocenters. The lowest BCUT2D eigenvalue weighted by atomic mass is 9.96. The first-order chi connectivity index (χ1) is 15.9. The Morgan fingerprint density at radius 3 is 2.52 bits per heavy atom. The van der Waals surface area contributed by atoms with Crippen molar-refractivity contribution in [2.45, 2.75) is 53.0 Å². The van der Waals surface area contributed by atoms with Gasteiger partial charge in [-0.15, -0.1) is 0 Å². The highest BCUT2D eigenvalue weighted by Crippen LogP contribution is 2.24. The maximum absolute atomic E-state index is 13.1. The summed E-state index contributed by atoms with van der Waals surface area (Å²) in [7, 11) is 0. The molecule has 0 aliphatic carbocycles. The molecule has 0 saturated heterocycles. The number of amides is 1. The summed E-state index contributed by atoms with van der Waals surface area (Å²) in [5, 5.41) is 16.3. The van der Waals surface area contributed by atoms with E-state index in [-0.39, 0.29) is 5.91 Å². The van der Waals surface area contributed by atoms with Crippen LogP contribution >= 0.6 is 0 Å². The minimum Gasteiger partial charge on any atom is -0.402 e. The van der Waals surface area contributed by atoms with Crippen LogP contribution in [0.25, 0.3) is 11.1 Å². The second-order valence-corrected chi connectivity index (χ2v) is 8.12. The maximum atomic E-state index is 13.1.